The van der Waals surface area contributed by atoms with Crippen molar-refractivity contribution in [1.29, 1.82) is 0 Å². The van der Waals surface area contributed by atoms with Crippen molar-refractivity contribution in [3.8, 4) is 10.6 Å². The standard InChI is InChI=1S/C24H21F3N2O3S/c1-15-19(33-20(28-15)16-7-9-18(10-8-16)24(25,26)27)21(30)29-13-11-23(12-14-29,22(31)32)17-5-3-2-4-6-17/h2-10H,11-14H2,1H3,(H,31,32). The number of halogens is 3. The van der Waals surface area contributed by atoms with Crippen LogP contribution in [0.25, 0.3) is 10.6 Å². The molecule has 1 amide bonds. The number of amides is 1. The Kier molecular flexibility index (Phi) is 6.00. The number of carbonyl (C=O) groups excluding carboxylic acids is 1. The molecule has 0 aliphatic carbocycles. The normalized spacial score (nSPS) is 15.9. The van der Waals surface area contributed by atoms with Gasteiger partial charge in [0.25, 0.3) is 5.91 Å². The fraction of sp³-hybridized carbons (Fsp3) is 0.292. The summed E-state index contributed by atoms with van der Waals surface area (Å²) in [4.78, 5) is 31.7. The van der Waals surface area contributed by atoms with Gasteiger partial charge in [-0.2, -0.15) is 13.2 Å². The lowest BCUT2D eigenvalue weighted by atomic mass is 9.73. The monoisotopic (exact) mass is 474 g/mol. The number of carboxylic acid groups (broad SMARTS) is 1. The van der Waals surface area contributed by atoms with E-state index in [1.807, 2.05) is 6.07 Å². The molecule has 3 aromatic rings. The third-order valence-corrected chi connectivity index (χ3v) is 7.28. The van der Waals surface area contributed by atoms with E-state index in [1.165, 1.54) is 12.1 Å². The molecular weight excluding hydrogens is 453 g/mol. The Morgan fingerprint density at radius 2 is 1.64 bits per heavy atom. The molecule has 33 heavy (non-hydrogen) atoms. The molecule has 1 aliphatic rings. The molecule has 2 heterocycles. The number of rotatable bonds is 4. The number of thiazole rings is 1. The molecule has 0 saturated carbocycles. The predicted molar refractivity (Wildman–Crippen MR) is 118 cm³/mol. The number of alkyl halides is 3. The summed E-state index contributed by atoms with van der Waals surface area (Å²) < 4.78 is 38.4. The molecule has 1 N–H and O–H groups in total. The molecule has 0 atom stereocenters. The van der Waals surface area contributed by atoms with Crippen LogP contribution in [0.1, 0.15) is 39.3 Å². The molecule has 0 bridgehead atoms. The summed E-state index contributed by atoms with van der Waals surface area (Å²) in [6.07, 6.45) is -3.83. The van der Waals surface area contributed by atoms with Crippen LogP contribution in [0.3, 0.4) is 0 Å². The largest absolute Gasteiger partial charge is 0.481 e. The van der Waals surface area contributed by atoms with Crippen LogP contribution in [0.4, 0.5) is 13.2 Å². The number of hydrogen-bond acceptors (Lipinski definition) is 4. The maximum Gasteiger partial charge on any atom is 0.416 e. The van der Waals surface area contributed by atoms with E-state index in [0.717, 1.165) is 29.0 Å². The lowest BCUT2D eigenvalue weighted by Crippen LogP contribution is -2.49. The highest BCUT2D eigenvalue weighted by Crippen LogP contribution is 2.38. The average Bonchev–Trinajstić information content (AvgIpc) is 3.20. The van der Waals surface area contributed by atoms with Crippen LogP contribution < -0.4 is 0 Å². The minimum absolute atomic E-state index is 0.241. The average molecular weight is 475 g/mol. The first-order valence-electron chi connectivity index (χ1n) is 10.3. The Morgan fingerprint density at radius 1 is 1.03 bits per heavy atom. The smallest absolute Gasteiger partial charge is 0.416 e. The third-order valence-electron chi connectivity index (χ3n) is 6.09. The third kappa shape index (κ3) is 4.37. The fourth-order valence-electron chi connectivity index (χ4n) is 4.14. The highest BCUT2D eigenvalue weighted by Gasteiger charge is 2.44. The summed E-state index contributed by atoms with van der Waals surface area (Å²) in [7, 11) is 0. The molecule has 1 fully saturated rings. The summed E-state index contributed by atoms with van der Waals surface area (Å²) in [6, 6.07) is 13.7. The molecule has 0 spiro atoms. The van der Waals surface area contributed by atoms with Gasteiger partial charge in [0.1, 0.15) is 9.88 Å². The Bertz CT molecular complexity index is 1170. The van der Waals surface area contributed by atoms with Crippen LogP contribution >= 0.6 is 11.3 Å². The lowest BCUT2D eigenvalue weighted by Gasteiger charge is -2.39. The first-order chi connectivity index (χ1) is 15.6. The molecule has 1 aromatic heterocycles. The molecular formula is C24H21F3N2O3S. The quantitative estimate of drug-likeness (QED) is 0.550. The van der Waals surface area contributed by atoms with Crippen molar-refractivity contribution in [3.05, 3.63) is 76.3 Å². The first-order valence-corrected chi connectivity index (χ1v) is 11.2. The van der Waals surface area contributed by atoms with Crippen molar-refractivity contribution in [2.75, 3.05) is 13.1 Å². The van der Waals surface area contributed by atoms with Gasteiger partial charge in [-0.25, -0.2) is 4.98 Å². The van der Waals surface area contributed by atoms with Crippen molar-refractivity contribution < 1.29 is 27.9 Å². The number of aryl methyl sites for hydroxylation is 1. The number of nitrogens with zero attached hydrogens (tertiary/aromatic N) is 2. The van der Waals surface area contributed by atoms with E-state index < -0.39 is 23.1 Å². The number of piperidine rings is 1. The molecule has 0 radical (unpaired) electrons. The number of carboxylic acids is 1. The summed E-state index contributed by atoms with van der Waals surface area (Å²) in [5.41, 5.74) is -0.0555. The van der Waals surface area contributed by atoms with Crippen molar-refractivity contribution in [1.82, 2.24) is 9.88 Å². The summed E-state index contributed by atoms with van der Waals surface area (Å²) >= 11 is 1.13. The Hall–Kier alpha value is -3.20. The van der Waals surface area contributed by atoms with Crippen molar-refractivity contribution in [2.24, 2.45) is 0 Å². The number of carbonyl (C=O) groups is 2. The van der Waals surface area contributed by atoms with Crippen LogP contribution in [0.15, 0.2) is 54.6 Å². The Labute approximate surface area is 192 Å². The fourth-order valence-corrected chi connectivity index (χ4v) is 5.18. The lowest BCUT2D eigenvalue weighted by molar-refractivity contribution is -0.145. The van der Waals surface area contributed by atoms with Gasteiger partial charge in [0.05, 0.1) is 16.7 Å². The molecule has 9 heteroatoms. The van der Waals surface area contributed by atoms with Gasteiger partial charge in [-0.1, -0.05) is 42.5 Å². The van der Waals surface area contributed by atoms with Crippen LogP contribution in [0, 0.1) is 6.92 Å². The van der Waals surface area contributed by atoms with E-state index in [0.29, 0.717) is 34.0 Å². The van der Waals surface area contributed by atoms with Crippen molar-refractivity contribution in [3.63, 3.8) is 0 Å². The van der Waals surface area contributed by atoms with Gasteiger partial charge in [0.2, 0.25) is 0 Å². The number of benzene rings is 2. The van der Waals surface area contributed by atoms with E-state index in [9.17, 15) is 27.9 Å². The van der Waals surface area contributed by atoms with Crippen LogP contribution in [-0.4, -0.2) is 40.0 Å². The molecule has 1 aliphatic heterocycles. The molecule has 1 saturated heterocycles. The second-order valence-electron chi connectivity index (χ2n) is 8.05. The van der Waals surface area contributed by atoms with Gasteiger partial charge < -0.3 is 10.0 Å². The highest BCUT2D eigenvalue weighted by molar-refractivity contribution is 7.17. The van der Waals surface area contributed by atoms with E-state index in [4.69, 9.17) is 0 Å². The second-order valence-corrected chi connectivity index (χ2v) is 9.05. The molecule has 2 aromatic carbocycles. The minimum atomic E-state index is -4.42. The SMILES string of the molecule is Cc1nc(-c2ccc(C(F)(F)F)cc2)sc1C(=O)N1CCC(C(=O)O)(c2ccccc2)CC1. The van der Waals surface area contributed by atoms with Gasteiger partial charge in [-0.3, -0.25) is 9.59 Å². The van der Waals surface area contributed by atoms with Gasteiger partial charge in [0.15, 0.2) is 0 Å². The van der Waals surface area contributed by atoms with Crippen LogP contribution in [0.5, 0.6) is 0 Å². The summed E-state index contributed by atoms with van der Waals surface area (Å²) in [6.45, 7) is 2.26. The van der Waals surface area contributed by atoms with Gasteiger partial charge in [-0.05, 0) is 37.5 Å². The van der Waals surface area contributed by atoms with E-state index in [-0.39, 0.29) is 19.0 Å². The Balaban J connectivity index is 1.52. The van der Waals surface area contributed by atoms with E-state index in [2.05, 4.69) is 4.98 Å². The number of hydrogen-bond donors (Lipinski definition) is 1. The molecule has 172 valence electrons. The molecule has 4 rings (SSSR count). The van der Waals surface area contributed by atoms with Crippen LogP contribution in [0.2, 0.25) is 0 Å². The zero-order valence-corrected chi connectivity index (χ0v) is 18.5. The summed E-state index contributed by atoms with van der Waals surface area (Å²) in [5, 5.41) is 10.4. The van der Waals surface area contributed by atoms with Gasteiger partial charge >= 0.3 is 12.1 Å². The highest BCUT2D eigenvalue weighted by atomic mass is 32.1. The molecule has 5 nitrogen and oxygen atoms in total. The van der Waals surface area contributed by atoms with Crippen molar-refractivity contribution in [2.45, 2.75) is 31.4 Å². The number of aromatic nitrogens is 1. The van der Waals surface area contributed by atoms with Gasteiger partial charge in [0, 0.05) is 18.7 Å². The summed E-state index contributed by atoms with van der Waals surface area (Å²) in [5.74, 6) is -1.14. The maximum atomic E-state index is 13.2. The van der Waals surface area contributed by atoms with Crippen LogP contribution in [-0.2, 0) is 16.4 Å². The van der Waals surface area contributed by atoms with E-state index >= 15 is 0 Å². The maximum absolute atomic E-state index is 13.2. The second kappa shape index (κ2) is 8.62. The predicted octanol–water partition coefficient (Wildman–Crippen LogP) is 5.40. The molecule has 0 unspecified atom stereocenters. The minimum Gasteiger partial charge on any atom is -0.481 e. The van der Waals surface area contributed by atoms with Crippen molar-refractivity contribution >= 4 is 23.2 Å². The Morgan fingerprint density at radius 3 is 2.18 bits per heavy atom. The first kappa shape index (κ1) is 23.0. The zero-order chi connectivity index (χ0) is 23.8. The number of aliphatic carboxylic acids is 1. The zero-order valence-electron chi connectivity index (χ0n) is 17.7. The topological polar surface area (TPSA) is 70.5 Å². The van der Waals surface area contributed by atoms with Gasteiger partial charge in [-0.15, -0.1) is 11.3 Å². The number of likely N-dealkylation sites (tertiary alicyclic amines) is 1. The van der Waals surface area contributed by atoms with E-state index in [1.54, 1.807) is 36.1 Å².